The summed E-state index contributed by atoms with van der Waals surface area (Å²) in [5, 5.41) is 8.01. The third-order valence-corrected chi connectivity index (χ3v) is 3.38. The maximum atomic E-state index is 12.4. The van der Waals surface area contributed by atoms with Gasteiger partial charge in [-0.05, 0) is 50.3 Å². The Labute approximate surface area is 161 Å². The Bertz CT molecular complexity index is 837. The molecule has 148 valence electrons. The zero-order valence-electron chi connectivity index (χ0n) is 15.4. The first-order valence-electron chi connectivity index (χ1n) is 8.54. The van der Waals surface area contributed by atoms with Crippen molar-refractivity contribution in [3.63, 3.8) is 0 Å². The summed E-state index contributed by atoms with van der Waals surface area (Å²) >= 11 is 0. The number of hydrogen-bond donors (Lipinski definition) is 3. The first-order chi connectivity index (χ1) is 13.3. The molecule has 0 aliphatic rings. The van der Waals surface area contributed by atoms with Crippen molar-refractivity contribution >= 4 is 29.4 Å². The predicted octanol–water partition coefficient (Wildman–Crippen LogP) is 4.47. The standard InChI is InChI=1S/C20H21F2N3O3/c1-13(2)23-20(27)25-16-10-8-15(9-11-16)24-18(26)12-7-14-5-3-4-6-17(14)28-19(21)22/h3-13,19H,1-2H3,(H,24,26)(H2,23,25,27)/b12-7+. The minimum absolute atomic E-state index is 0.0153. The van der Waals surface area contributed by atoms with Crippen LogP contribution in [0.3, 0.4) is 0 Å². The fraction of sp³-hybridized carbons (Fsp3) is 0.200. The lowest BCUT2D eigenvalue weighted by atomic mass is 10.2. The van der Waals surface area contributed by atoms with Gasteiger partial charge >= 0.3 is 12.6 Å². The zero-order chi connectivity index (χ0) is 20.5. The molecule has 0 saturated heterocycles. The minimum Gasteiger partial charge on any atom is -0.434 e. The van der Waals surface area contributed by atoms with Crippen molar-refractivity contribution in [1.82, 2.24) is 5.32 Å². The highest BCUT2D eigenvalue weighted by atomic mass is 19.3. The first-order valence-corrected chi connectivity index (χ1v) is 8.54. The summed E-state index contributed by atoms with van der Waals surface area (Å²) < 4.78 is 29.2. The van der Waals surface area contributed by atoms with Crippen molar-refractivity contribution in [3.05, 3.63) is 60.2 Å². The number of anilines is 2. The van der Waals surface area contributed by atoms with E-state index in [2.05, 4.69) is 20.7 Å². The number of carbonyl (C=O) groups is 2. The van der Waals surface area contributed by atoms with Crippen LogP contribution >= 0.6 is 0 Å². The van der Waals surface area contributed by atoms with Gasteiger partial charge in [0.2, 0.25) is 5.91 Å². The van der Waals surface area contributed by atoms with E-state index in [1.807, 2.05) is 13.8 Å². The van der Waals surface area contributed by atoms with E-state index in [0.717, 1.165) is 0 Å². The van der Waals surface area contributed by atoms with E-state index >= 15 is 0 Å². The number of para-hydroxylation sites is 1. The van der Waals surface area contributed by atoms with Gasteiger partial charge in [-0.1, -0.05) is 18.2 Å². The van der Waals surface area contributed by atoms with E-state index in [9.17, 15) is 18.4 Å². The van der Waals surface area contributed by atoms with Crippen molar-refractivity contribution in [3.8, 4) is 5.75 Å². The fourth-order valence-electron chi connectivity index (χ4n) is 2.24. The van der Waals surface area contributed by atoms with Crippen molar-refractivity contribution in [2.24, 2.45) is 0 Å². The van der Waals surface area contributed by atoms with Crippen LogP contribution in [0, 0.1) is 0 Å². The van der Waals surface area contributed by atoms with Crippen LogP contribution in [-0.4, -0.2) is 24.6 Å². The highest BCUT2D eigenvalue weighted by molar-refractivity contribution is 6.02. The van der Waals surface area contributed by atoms with Gasteiger partial charge in [0.1, 0.15) is 5.75 Å². The van der Waals surface area contributed by atoms with Crippen LogP contribution in [0.2, 0.25) is 0 Å². The van der Waals surface area contributed by atoms with E-state index < -0.39 is 12.5 Å². The monoisotopic (exact) mass is 389 g/mol. The number of rotatable bonds is 7. The SMILES string of the molecule is CC(C)NC(=O)Nc1ccc(NC(=O)/C=C/c2ccccc2OC(F)F)cc1. The molecule has 2 rings (SSSR count). The number of ether oxygens (including phenoxy) is 1. The van der Waals surface area contributed by atoms with E-state index in [1.54, 1.807) is 42.5 Å². The molecule has 0 saturated carbocycles. The van der Waals surface area contributed by atoms with E-state index in [-0.39, 0.29) is 17.8 Å². The minimum atomic E-state index is -2.95. The second kappa shape index (κ2) is 10.1. The normalized spacial score (nSPS) is 10.9. The first kappa shape index (κ1) is 20.9. The van der Waals surface area contributed by atoms with Crippen LogP contribution in [0.15, 0.2) is 54.6 Å². The largest absolute Gasteiger partial charge is 0.434 e. The molecule has 2 aromatic rings. The van der Waals surface area contributed by atoms with Crippen LogP contribution in [0.4, 0.5) is 25.0 Å². The molecule has 0 spiro atoms. The number of halogens is 2. The molecule has 0 aliphatic heterocycles. The number of benzene rings is 2. The number of nitrogens with one attached hydrogen (secondary N) is 3. The molecule has 0 atom stereocenters. The lowest BCUT2D eigenvalue weighted by molar-refractivity contribution is -0.111. The van der Waals surface area contributed by atoms with Crippen molar-refractivity contribution < 1.29 is 23.1 Å². The van der Waals surface area contributed by atoms with Gasteiger partial charge < -0.3 is 20.7 Å². The molecule has 3 N–H and O–H groups in total. The Kier molecular flexibility index (Phi) is 7.50. The van der Waals surface area contributed by atoms with Crippen molar-refractivity contribution in [2.45, 2.75) is 26.5 Å². The number of urea groups is 1. The number of carbonyl (C=O) groups excluding carboxylic acids is 2. The van der Waals surface area contributed by atoms with Crippen LogP contribution in [0.25, 0.3) is 6.08 Å². The van der Waals surface area contributed by atoms with Crippen LogP contribution in [0.1, 0.15) is 19.4 Å². The van der Waals surface area contributed by atoms with Gasteiger partial charge in [0.05, 0.1) is 0 Å². The van der Waals surface area contributed by atoms with E-state index in [1.165, 1.54) is 18.2 Å². The van der Waals surface area contributed by atoms with E-state index in [4.69, 9.17) is 0 Å². The number of hydrogen-bond acceptors (Lipinski definition) is 3. The van der Waals surface area contributed by atoms with Crippen molar-refractivity contribution in [1.29, 1.82) is 0 Å². The molecule has 6 nitrogen and oxygen atoms in total. The summed E-state index contributed by atoms with van der Waals surface area (Å²) in [7, 11) is 0. The molecule has 0 aromatic heterocycles. The average molecular weight is 389 g/mol. The molecule has 0 unspecified atom stereocenters. The van der Waals surface area contributed by atoms with E-state index in [0.29, 0.717) is 16.9 Å². The Hall–Kier alpha value is -3.42. The van der Waals surface area contributed by atoms with Gasteiger partial charge in [-0.25, -0.2) is 4.79 Å². The maximum absolute atomic E-state index is 12.4. The molecule has 0 aliphatic carbocycles. The van der Waals surface area contributed by atoms with Crippen molar-refractivity contribution in [2.75, 3.05) is 10.6 Å². The summed E-state index contributed by atoms with van der Waals surface area (Å²) in [6, 6.07) is 12.4. The zero-order valence-corrected chi connectivity index (χ0v) is 15.4. The molecular weight excluding hydrogens is 368 g/mol. The fourth-order valence-corrected chi connectivity index (χ4v) is 2.24. The Balaban J connectivity index is 1.94. The second-order valence-corrected chi connectivity index (χ2v) is 6.07. The van der Waals surface area contributed by atoms with Crippen LogP contribution in [0.5, 0.6) is 5.75 Å². The molecule has 28 heavy (non-hydrogen) atoms. The van der Waals surface area contributed by atoms with Gasteiger partial charge in [0, 0.05) is 29.1 Å². The Morgan fingerprint density at radius 3 is 2.18 bits per heavy atom. The molecule has 8 heteroatoms. The highest BCUT2D eigenvalue weighted by Crippen LogP contribution is 2.21. The molecule has 0 heterocycles. The molecule has 0 radical (unpaired) electrons. The summed E-state index contributed by atoms with van der Waals surface area (Å²) in [5.74, 6) is -0.457. The second-order valence-electron chi connectivity index (χ2n) is 6.07. The number of alkyl halides is 2. The lowest BCUT2D eigenvalue weighted by Gasteiger charge is -2.10. The molecule has 2 aromatic carbocycles. The predicted molar refractivity (Wildman–Crippen MR) is 104 cm³/mol. The highest BCUT2D eigenvalue weighted by Gasteiger charge is 2.08. The Morgan fingerprint density at radius 2 is 1.57 bits per heavy atom. The third-order valence-electron chi connectivity index (χ3n) is 3.38. The average Bonchev–Trinajstić information content (AvgIpc) is 2.61. The van der Waals surface area contributed by atoms with Gasteiger partial charge in [-0.15, -0.1) is 0 Å². The van der Waals surface area contributed by atoms with Gasteiger partial charge in [-0.3, -0.25) is 4.79 Å². The molecular formula is C20H21F2N3O3. The Morgan fingerprint density at radius 1 is 0.964 bits per heavy atom. The van der Waals surface area contributed by atoms with Gasteiger partial charge in [0.25, 0.3) is 0 Å². The smallest absolute Gasteiger partial charge is 0.387 e. The number of amides is 3. The summed E-state index contributed by atoms with van der Waals surface area (Å²) in [5.41, 5.74) is 1.44. The maximum Gasteiger partial charge on any atom is 0.387 e. The molecule has 3 amide bonds. The lowest BCUT2D eigenvalue weighted by Crippen LogP contribution is -2.34. The van der Waals surface area contributed by atoms with Crippen LogP contribution < -0.4 is 20.7 Å². The summed E-state index contributed by atoms with van der Waals surface area (Å²) in [6.45, 7) is 0.756. The summed E-state index contributed by atoms with van der Waals surface area (Å²) in [4.78, 5) is 23.7. The van der Waals surface area contributed by atoms with Crippen LogP contribution in [-0.2, 0) is 4.79 Å². The quantitative estimate of drug-likeness (QED) is 0.612. The van der Waals surface area contributed by atoms with Gasteiger partial charge in [-0.2, -0.15) is 8.78 Å². The summed E-state index contributed by atoms with van der Waals surface area (Å²) in [6.07, 6.45) is 2.61. The molecule has 0 fully saturated rings. The third kappa shape index (κ3) is 7.06. The topological polar surface area (TPSA) is 79.5 Å². The molecule has 0 bridgehead atoms. The van der Waals surface area contributed by atoms with Gasteiger partial charge in [0.15, 0.2) is 0 Å².